The maximum absolute atomic E-state index is 9.88. The molecule has 0 radical (unpaired) electrons. The molecule has 4 nitrogen and oxygen atoms in total. The highest BCUT2D eigenvalue weighted by Crippen LogP contribution is 2.24. The lowest BCUT2D eigenvalue weighted by Crippen LogP contribution is -2.37. The molecular formula is C10H18ClN3O. The van der Waals surface area contributed by atoms with Crippen LogP contribution in [-0.4, -0.2) is 27.0 Å². The number of rotatable bonds is 4. The van der Waals surface area contributed by atoms with E-state index in [1.165, 1.54) is 0 Å². The predicted octanol–water partition coefficient (Wildman–Crippen LogP) is 0.888. The summed E-state index contributed by atoms with van der Waals surface area (Å²) >= 11 is 6.16. The zero-order valence-electron chi connectivity index (χ0n) is 9.42. The summed E-state index contributed by atoms with van der Waals surface area (Å²) in [4.78, 5) is 0. The molecule has 0 aliphatic carbocycles. The third-order valence-corrected chi connectivity index (χ3v) is 2.93. The van der Waals surface area contributed by atoms with Gasteiger partial charge in [-0.15, -0.1) is 0 Å². The molecule has 0 bridgehead atoms. The molecule has 0 aliphatic heterocycles. The minimum atomic E-state index is -0.928. The van der Waals surface area contributed by atoms with Crippen molar-refractivity contribution in [3.05, 3.63) is 16.4 Å². The Morgan fingerprint density at radius 1 is 1.60 bits per heavy atom. The highest BCUT2D eigenvalue weighted by atomic mass is 35.5. The lowest BCUT2D eigenvalue weighted by atomic mass is 10.0. The Morgan fingerprint density at radius 3 is 2.60 bits per heavy atom. The molecular weight excluding hydrogens is 214 g/mol. The Morgan fingerprint density at radius 2 is 2.20 bits per heavy atom. The minimum Gasteiger partial charge on any atom is -0.388 e. The van der Waals surface area contributed by atoms with Gasteiger partial charge in [0, 0.05) is 20.0 Å². The van der Waals surface area contributed by atoms with Gasteiger partial charge in [-0.25, -0.2) is 0 Å². The number of aliphatic hydroxyl groups is 1. The summed E-state index contributed by atoms with van der Waals surface area (Å²) in [5.41, 5.74) is 6.24. The molecule has 86 valence electrons. The second-order valence-corrected chi connectivity index (χ2v) is 4.44. The number of hydrogen-bond donors (Lipinski definition) is 2. The number of halogens is 1. The SMILES string of the molecule is CCc1nn(C)c(CC(C)(O)CN)c1Cl. The molecule has 5 heteroatoms. The standard InChI is InChI=1S/C10H18ClN3O/c1-4-7-9(11)8(14(3)13-7)5-10(2,15)6-12/h15H,4-6,12H2,1-3H3. The maximum atomic E-state index is 9.88. The van der Waals surface area contributed by atoms with Gasteiger partial charge in [0.25, 0.3) is 0 Å². The van der Waals surface area contributed by atoms with Crippen LogP contribution in [0.4, 0.5) is 0 Å². The molecule has 1 rings (SSSR count). The highest BCUT2D eigenvalue weighted by Gasteiger charge is 2.24. The van der Waals surface area contributed by atoms with E-state index < -0.39 is 5.60 Å². The van der Waals surface area contributed by atoms with E-state index in [2.05, 4.69) is 5.10 Å². The third kappa shape index (κ3) is 2.71. The molecule has 0 aromatic carbocycles. The molecule has 0 saturated carbocycles. The van der Waals surface area contributed by atoms with E-state index in [0.29, 0.717) is 11.4 Å². The number of hydrogen-bond acceptors (Lipinski definition) is 3. The molecule has 1 unspecified atom stereocenters. The molecule has 15 heavy (non-hydrogen) atoms. The summed E-state index contributed by atoms with van der Waals surface area (Å²) < 4.78 is 1.71. The van der Waals surface area contributed by atoms with E-state index in [9.17, 15) is 5.11 Å². The molecule has 3 N–H and O–H groups in total. The van der Waals surface area contributed by atoms with E-state index in [0.717, 1.165) is 17.8 Å². The van der Waals surface area contributed by atoms with Gasteiger partial charge in [0.15, 0.2) is 0 Å². The highest BCUT2D eigenvalue weighted by molar-refractivity contribution is 6.31. The molecule has 0 fully saturated rings. The fraction of sp³-hybridized carbons (Fsp3) is 0.700. The van der Waals surface area contributed by atoms with E-state index in [1.54, 1.807) is 11.6 Å². The summed E-state index contributed by atoms with van der Waals surface area (Å²) in [6.45, 7) is 3.90. The van der Waals surface area contributed by atoms with Crippen LogP contribution >= 0.6 is 11.6 Å². The molecule has 1 heterocycles. The van der Waals surface area contributed by atoms with Crippen molar-refractivity contribution in [2.45, 2.75) is 32.3 Å². The number of nitrogens with zero attached hydrogens (tertiary/aromatic N) is 2. The van der Waals surface area contributed by atoms with Gasteiger partial charge < -0.3 is 10.8 Å². The Hall–Kier alpha value is -0.580. The van der Waals surface area contributed by atoms with E-state index in [-0.39, 0.29) is 6.54 Å². The van der Waals surface area contributed by atoms with Crippen molar-refractivity contribution in [2.24, 2.45) is 12.8 Å². The predicted molar refractivity (Wildman–Crippen MR) is 61.0 cm³/mol. The fourth-order valence-electron chi connectivity index (χ4n) is 1.44. The van der Waals surface area contributed by atoms with Crippen LogP contribution in [0.1, 0.15) is 25.2 Å². The van der Waals surface area contributed by atoms with Gasteiger partial charge in [0.2, 0.25) is 0 Å². The zero-order valence-corrected chi connectivity index (χ0v) is 10.2. The van der Waals surface area contributed by atoms with Gasteiger partial charge in [-0.3, -0.25) is 4.68 Å². The second-order valence-electron chi connectivity index (χ2n) is 4.06. The minimum absolute atomic E-state index is 0.204. The smallest absolute Gasteiger partial charge is 0.0850 e. The molecule has 0 aliphatic rings. The fourth-order valence-corrected chi connectivity index (χ4v) is 1.81. The monoisotopic (exact) mass is 231 g/mol. The quantitative estimate of drug-likeness (QED) is 0.809. The topological polar surface area (TPSA) is 64.1 Å². The first kappa shape index (κ1) is 12.5. The molecule has 1 aromatic rings. The van der Waals surface area contributed by atoms with Crippen molar-refractivity contribution in [1.82, 2.24) is 9.78 Å². The van der Waals surface area contributed by atoms with Crippen molar-refractivity contribution in [2.75, 3.05) is 6.54 Å². The average molecular weight is 232 g/mol. The van der Waals surface area contributed by atoms with Crippen molar-refractivity contribution in [3.63, 3.8) is 0 Å². The van der Waals surface area contributed by atoms with Gasteiger partial charge in [0.05, 0.1) is 22.0 Å². The lowest BCUT2D eigenvalue weighted by molar-refractivity contribution is 0.0677. The van der Waals surface area contributed by atoms with Crippen LogP contribution in [0.25, 0.3) is 0 Å². The molecule has 1 atom stereocenters. The van der Waals surface area contributed by atoms with Gasteiger partial charge >= 0.3 is 0 Å². The zero-order chi connectivity index (χ0) is 11.6. The van der Waals surface area contributed by atoms with Gasteiger partial charge in [-0.05, 0) is 13.3 Å². The lowest BCUT2D eigenvalue weighted by Gasteiger charge is -2.20. The van der Waals surface area contributed by atoms with Crippen LogP contribution in [0.15, 0.2) is 0 Å². The number of aromatic nitrogens is 2. The van der Waals surface area contributed by atoms with E-state index >= 15 is 0 Å². The first-order valence-corrected chi connectivity index (χ1v) is 5.41. The molecule has 0 saturated heterocycles. The van der Waals surface area contributed by atoms with Gasteiger partial charge in [-0.2, -0.15) is 5.10 Å². The van der Waals surface area contributed by atoms with Crippen LogP contribution in [0.3, 0.4) is 0 Å². The summed E-state index contributed by atoms with van der Waals surface area (Å²) in [6.07, 6.45) is 1.21. The third-order valence-electron chi connectivity index (χ3n) is 2.49. The normalized spacial score (nSPS) is 15.3. The summed E-state index contributed by atoms with van der Waals surface area (Å²) in [5, 5.41) is 14.8. The summed E-state index contributed by atoms with van der Waals surface area (Å²) in [7, 11) is 1.83. The number of aryl methyl sites for hydroxylation is 2. The molecule has 0 amide bonds. The first-order valence-electron chi connectivity index (χ1n) is 5.04. The molecule has 0 spiro atoms. The van der Waals surface area contributed by atoms with Crippen molar-refractivity contribution in [1.29, 1.82) is 0 Å². The summed E-state index contributed by atoms with van der Waals surface area (Å²) in [5.74, 6) is 0. The van der Waals surface area contributed by atoms with E-state index in [4.69, 9.17) is 17.3 Å². The Balaban J connectivity index is 2.99. The Bertz CT molecular complexity index is 347. The Labute approximate surface area is 95.0 Å². The maximum Gasteiger partial charge on any atom is 0.0850 e. The first-order chi connectivity index (χ1) is 6.91. The summed E-state index contributed by atoms with van der Waals surface area (Å²) in [6, 6.07) is 0. The second kappa shape index (κ2) is 4.51. The van der Waals surface area contributed by atoms with Gasteiger partial charge in [-0.1, -0.05) is 18.5 Å². The van der Waals surface area contributed by atoms with Crippen LogP contribution in [0.5, 0.6) is 0 Å². The molecule has 1 aromatic heterocycles. The van der Waals surface area contributed by atoms with E-state index in [1.807, 2.05) is 14.0 Å². The van der Waals surface area contributed by atoms with Crippen molar-refractivity contribution < 1.29 is 5.11 Å². The van der Waals surface area contributed by atoms with Crippen LogP contribution in [0.2, 0.25) is 5.02 Å². The van der Waals surface area contributed by atoms with Crippen LogP contribution in [-0.2, 0) is 19.9 Å². The van der Waals surface area contributed by atoms with Crippen molar-refractivity contribution >= 4 is 11.6 Å². The average Bonchev–Trinajstić information content (AvgIpc) is 2.45. The Kier molecular flexibility index (Phi) is 3.76. The van der Waals surface area contributed by atoms with Crippen LogP contribution in [0, 0.1) is 0 Å². The number of nitrogens with two attached hydrogens (primary N) is 1. The largest absolute Gasteiger partial charge is 0.388 e. The van der Waals surface area contributed by atoms with Gasteiger partial charge in [0.1, 0.15) is 0 Å². The van der Waals surface area contributed by atoms with Crippen LogP contribution < -0.4 is 5.73 Å². The van der Waals surface area contributed by atoms with Crippen molar-refractivity contribution in [3.8, 4) is 0 Å².